The van der Waals surface area contributed by atoms with Gasteiger partial charge in [-0.15, -0.1) is 4.65 Å². The van der Waals surface area contributed by atoms with Gasteiger partial charge in [0.25, 0.3) is 6.09 Å². The number of quaternary nitrogens is 1. The number of hydrogen-bond donors (Lipinski definition) is 0. The summed E-state index contributed by atoms with van der Waals surface area (Å²) in [5, 5.41) is 11.4. The van der Waals surface area contributed by atoms with Crippen LogP contribution in [0.2, 0.25) is 0 Å². The molecule has 0 saturated carbocycles. The van der Waals surface area contributed by atoms with E-state index in [9.17, 15) is 9.90 Å². The molecule has 0 bridgehead atoms. The fraction of sp³-hybridized carbons (Fsp3) is 0.133. The van der Waals surface area contributed by atoms with Crippen molar-refractivity contribution >= 4 is 11.8 Å². The molecule has 1 atom stereocenters. The largest absolute Gasteiger partial charge is 0.496 e. The van der Waals surface area contributed by atoms with Crippen LogP contribution < -0.4 is 9.75 Å². The number of amides is 1. The van der Waals surface area contributed by atoms with Crippen LogP contribution in [0.3, 0.4) is 0 Å². The average Bonchev–Trinajstić information content (AvgIpc) is 2.46. The van der Waals surface area contributed by atoms with Gasteiger partial charge in [0.05, 0.1) is 0 Å². The van der Waals surface area contributed by atoms with Crippen LogP contribution >= 0.6 is 0 Å². The van der Waals surface area contributed by atoms with Gasteiger partial charge in [-0.25, -0.2) is 0 Å². The van der Waals surface area contributed by atoms with Gasteiger partial charge in [0.2, 0.25) is 0 Å². The van der Waals surface area contributed by atoms with E-state index >= 15 is 0 Å². The van der Waals surface area contributed by atoms with Gasteiger partial charge >= 0.3 is 0 Å². The molecule has 0 saturated heterocycles. The summed E-state index contributed by atoms with van der Waals surface area (Å²) in [6, 6.07) is 18.2. The van der Waals surface area contributed by atoms with Crippen molar-refractivity contribution in [2.45, 2.75) is 6.61 Å². The summed E-state index contributed by atoms with van der Waals surface area (Å²) >= 11 is 0. The predicted molar refractivity (Wildman–Crippen MR) is 70.8 cm³/mol. The minimum absolute atomic E-state index is 0.195. The molecule has 0 N–H and O–H groups in total. The van der Waals surface area contributed by atoms with Crippen LogP contribution in [0, 0.1) is 0 Å². The van der Waals surface area contributed by atoms with E-state index in [1.165, 1.54) is 7.05 Å². The van der Waals surface area contributed by atoms with Crippen LogP contribution in [0.25, 0.3) is 0 Å². The molecule has 4 heteroatoms. The number of hydrogen-bond acceptors (Lipinski definition) is 3. The maximum absolute atomic E-state index is 11.4. The zero-order valence-electron chi connectivity index (χ0n) is 10.7. The van der Waals surface area contributed by atoms with Gasteiger partial charge in [-0.1, -0.05) is 48.5 Å². The fourth-order valence-electron chi connectivity index (χ4n) is 1.72. The minimum Gasteiger partial charge on any atom is -0.496 e. The van der Waals surface area contributed by atoms with E-state index in [0.29, 0.717) is 5.69 Å². The van der Waals surface area contributed by atoms with Crippen molar-refractivity contribution in [3.05, 3.63) is 66.2 Å². The number of benzene rings is 2. The average molecular weight is 257 g/mol. The van der Waals surface area contributed by atoms with Gasteiger partial charge in [0, 0.05) is 12.1 Å². The Balaban J connectivity index is 2.19. The highest BCUT2D eigenvalue weighted by Crippen LogP contribution is 2.22. The Bertz CT molecular complexity index is 542. The Morgan fingerprint density at radius 2 is 1.58 bits per heavy atom. The Morgan fingerprint density at radius 1 is 1.05 bits per heavy atom. The third-order valence-corrected chi connectivity index (χ3v) is 2.93. The zero-order chi connectivity index (χ0) is 13.7. The summed E-state index contributed by atoms with van der Waals surface area (Å²) in [5.74, 6) is 0. The SMILES string of the molecule is C[N+](OCc1ccccc1)(C(=O)[O-])c1ccccc1. The number of carbonyl (C=O) groups excluding carboxylic acids is 1. The maximum atomic E-state index is 11.4. The molecule has 0 radical (unpaired) electrons. The second kappa shape index (κ2) is 5.65. The summed E-state index contributed by atoms with van der Waals surface area (Å²) in [5.41, 5.74) is 1.42. The first-order valence-corrected chi connectivity index (χ1v) is 5.95. The molecule has 0 aliphatic carbocycles. The molecule has 0 aliphatic heterocycles. The topological polar surface area (TPSA) is 49.4 Å². The standard InChI is InChI=1S/C15H15NO3/c1-16(15(17)18,14-10-6-3-7-11-14)19-12-13-8-4-2-5-9-13/h2-11H,12H2,1H3. The second-order valence-electron chi connectivity index (χ2n) is 4.28. The summed E-state index contributed by atoms with van der Waals surface area (Å²) in [7, 11) is 1.45. The molecular formula is C15H15NO3. The molecule has 0 spiro atoms. The lowest BCUT2D eigenvalue weighted by Crippen LogP contribution is -2.56. The lowest BCUT2D eigenvalue weighted by Gasteiger charge is -2.30. The lowest BCUT2D eigenvalue weighted by atomic mass is 10.2. The van der Waals surface area contributed by atoms with Crippen molar-refractivity contribution in [3.63, 3.8) is 0 Å². The van der Waals surface area contributed by atoms with Crippen molar-refractivity contribution in [2.24, 2.45) is 0 Å². The maximum Gasteiger partial charge on any atom is 0.297 e. The smallest absolute Gasteiger partial charge is 0.297 e. The van der Waals surface area contributed by atoms with Gasteiger partial charge in [0.15, 0.2) is 5.69 Å². The quantitative estimate of drug-likeness (QED) is 0.622. The molecule has 19 heavy (non-hydrogen) atoms. The van der Waals surface area contributed by atoms with Gasteiger partial charge < -0.3 is 9.90 Å². The third kappa shape index (κ3) is 2.99. The molecule has 2 rings (SSSR count). The van der Waals surface area contributed by atoms with Crippen LogP contribution in [-0.2, 0) is 11.4 Å². The second-order valence-corrected chi connectivity index (χ2v) is 4.28. The normalized spacial score (nSPS) is 13.7. The fourth-order valence-corrected chi connectivity index (χ4v) is 1.72. The van der Waals surface area contributed by atoms with E-state index in [4.69, 9.17) is 4.84 Å². The van der Waals surface area contributed by atoms with Gasteiger partial charge in [-0.3, -0.25) is 0 Å². The molecule has 0 aliphatic rings. The number of carboxylic acid groups (broad SMARTS) is 1. The Labute approximate surface area is 112 Å². The van der Waals surface area contributed by atoms with Gasteiger partial charge in [-0.05, 0) is 5.56 Å². The van der Waals surface area contributed by atoms with Crippen LogP contribution in [0.15, 0.2) is 60.7 Å². The summed E-state index contributed by atoms with van der Waals surface area (Å²) in [6.07, 6.45) is -1.30. The number of rotatable bonds is 4. The first-order valence-electron chi connectivity index (χ1n) is 5.95. The molecule has 98 valence electrons. The van der Waals surface area contributed by atoms with Crippen LogP contribution in [0.4, 0.5) is 10.5 Å². The Morgan fingerprint density at radius 3 is 2.11 bits per heavy atom. The predicted octanol–water partition coefficient (Wildman–Crippen LogP) is 2.10. The summed E-state index contributed by atoms with van der Waals surface area (Å²) in [6.45, 7) is 0.195. The lowest BCUT2D eigenvalue weighted by molar-refractivity contribution is -0.296. The van der Waals surface area contributed by atoms with Crippen molar-refractivity contribution in [3.8, 4) is 0 Å². The monoisotopic (exact) mass is 257 g/mol. The number of para-hydroxylation sites is 1. The van der Waals surface area contributed by atoms with E-state index in [-0.39, 0.29) is 6.61 Å². The van der Waals surface area contributed by atoms with Crippen molar-refractivity contribution in [2.75, 3.05) is 7.05 Å². The van der Waals surface area contributed by atoms with Crippen LogP contribution in [-0.4, -0.2) is 13.1 Å². The Hall–Kier alpha value is -2.17. The van der Waals surface area contributed by atoms with Crippen molar-refractivity contribution in [1.29, 1.82) is 0 Å². The number of hydroxylamine groups is 2. The first-order chi connectivity index (χ1) is 9.13. The van der Waals surface area contributed by atoms with Crippen LogP contribution in [0.5, 0.6) is 0 Å². The molecule has 0 aromatic heterocycles. The summed E-state index contributed by atoms with van der Waals surface area (Å²) in [4.78, 5) is 16.9. The molecule has 1 unspecified atom stereocenters. The molecular weight excluding hydrogens is 242 g/mol. The minimum atomic E-state index is -1.30. The van der Waals surface area contributed by atoms with Gasteiger partial charge in [0.1, 0.15) is 13.7 Å². The highest BCUT2D eigenvalue weighted by atomic mass is 16.7. The molecule has 1 amide bonds. The van der Waals surface area contributed by atoms with E-state index in [0.717, 1.165) is 5.56 Å². The van der Waals surface area contributed by atoms with E-state index in [1.54, 1.807) is 24.3 Å². The molecule has 2 aromatic carbocycles. The van der Waals surface area contributed by atoms with Crippen LogP contribution in [0.1, 0.15) is 5.56 Å². The van der Waals surface area contributed by atoms with E-state index < -0.39 is 10.7 Å². The molecule has 2 aromatic rings. The number of nitrogens with zero attached hydrogens (tertiary/aromatic N) is 1. The number of carbonyl (C=O) groups is 1. The highest BCUT2D eigenvalue weighted by molar-refractivity contribution is 5.76. The third-order valence-electron chi connectivity index (χ3n) is 2.93. The van der Waals surface area contributed by atoms with Crippen molar-refractivity contribution in [1.82, 2.24) is 4.65 Å². The van der Waals surface area contributed by atoms with Gasteiger partial charge in [-0.2, -0.15) is 4.84 Å². The summed E-state index contributed by atoms with van der Waals surface area (Å²) < 4.78 is -0.713. The zero-order valence-corrected chi connectivity index (χ0v) is 10.7. The molecule has 0 heterocycles. The molecule has 0 fully saturated rings. The van der Waals surface area contributed by atoms with Crippen molar-refractivity contribution < 1.29 is 14.7 Å². The van der Waals surface area contributed by atoms with E-state index in [1.807, 2.05) is 36.4 Å². The molecule has 4 nitrogen and oxygen atoms in total. The highest BCUT2D eigenvalue weighted by Gasteiger charge is 2.30. The van der Waals surface area contributed by atoms with E-state index in [2.05, 4.69) is 0 Å². The first kappa shape index (κ1) is 13.3. The Kier molecular flexibility index (Phi) is 3.94.